The van der Waals surface area contributed by atoms with Crippen molar-refractivity contribution in [3.8, 4) is 17.2 Å². The van der Waals surface area contributed by atoms with Crippen molar-refractivity contribution in [2.24, 2.45) is 0 Å². The molecule has 3 aromatic carbocycles. The maximum absolute atomic E-state index is 12.4. The molecule has 12 N–H and O–H groups in total. The lowest BCUT2D eigenvalue weighted by Crippen LogP contribution is -2.36. The minimum atomic E-state index is -4.67. The maximum Gasteiger partial charge on any atom is 0.334 e. The van der Waals surface area contributed by atoms with Crippen molar-refractivity contribution in [2.75, 3.05) is 73.7 Å². The SMILES string of the molecule is Cc1cc(CN2CCCN(Cc3cc(C)cc(NC(=O)CP(=O)(O)O)c3O)CCCN(Cc3cc(C)cc(NC(=O)CP(=O)(O)O)c3O)CCC2)c(O)c(NC(=O)CP(=O)(O)O)c1. The normalized spacial score (nSPS) is 15.6. The van der Waals surface area contributed by atoms with Crippen LogP contribution in [0.2, 0.25) is 0 Å². The highest BCUT2D eigenvalue weighted by atomic mass is 31.2. The fraction of sp³-hybridized carbons (Fsp3) is 0.462. The zero-order chi connectivity index (χ0) is 46.9. The molecule has 0 atom stereocenters. The lowest BCUT2D eigenvalue weighted by atomic mass is 10.1. The summed E-state index contributed by atoms with van der Waals surface area (Å²) in [5.74, 6) is -3.67. The van der Waals surface area contributed by atoms with Crippen LogP contribution in [0.25, 0.3) is 0 Å². The van der Waals surface area contributed by atoms with Gasteiger partial charge in [0.25, 0.3) is 0 Å². The molecule has 1 aliphatic rings. The molecule has 21 nitrogen and oxygen atoms in total. The third-order valence-electron chi connectivity index (χ3n) is 9.90. The predicted octanol–water partition coefficient (Wildman–Crippen LogP) is 3.07. The number of amides is 3. The third-order valence-corrected chi connectivity index (χ3v) is 12.0. The molecular weight excluding hydrogens is 885 g/mol. The van der Waals surface area contributed by atoms with Gasteiger partial charge in [0.05, 0.1) is 17.1 Å². The first-order chi connectivity index (χ1) is 29.2. The van der Waals surface area contributed by atoms with Gasteiger partial charge >= 0.3 is 22.8 Å². The number of carbonyl (C=O) groups excluding carboxylic acids is 3. The molecule has 0 spiro atoms. The van der Waals surface area contributed by atoms with Gasteiger partial charge in [0, 0.05) is 36.3 Å². The van der Waals surface area contributed by atoms with E-state index in [4.69, 9.17) is 0 Å². The van der Waals surface area contributed by atoms with Crippen molar-refractivity contribution in [1.82, 2.24) is 14.7 Å². The van der Waals surface area contributed by atoms with Crippen LogP contribution in [0.3, 0.4) is 0 Å². The first-order valence-corrected chi connectivity index (χ1v) is 25.3. The lowest BCUT2D eigenvalue weighted by Gasteiger charge is -2.31. The summed E-state index contributed by atoms with van der Waals surface area (Å²) in [7, 11) is -14.0. The number of nitrogens with zero attached hydrogens (tertiary/aromatic N) is 3. The van der Waals surface area contributed by atoms with Crippen molar-refractivity contribution >= 4 is 57.6 Å². The van der Waals surface area contributed by atoms with Crippen LogP contribution in [-0.2, 0) is 47.7 Å². The molecule has 0 saturated carbocycles. The Morgan fingerprint density at radius 3 is 0.889 bits per heavy atom. The van der Waals surface area contributed by atoms with E-state index in [0.29, 0.717) is 91.9 Å². The first-order valence-electron chi connectivity index (χ1n) is 19.9. The molecule has 0 bridgehead atoms. The third kappa shape index (κ3) is 17.7. The Morgan fingerprint density at radius 2 is 0.683 bits per heavy atom. The van der Waals surface area contributed by atoms with E-state index in [2.05, 4.69) is 30.7 Å². The number of hydrogen-bond donors (Lipinski definition) is 12. The number of carbonyl (C=O) groups is 3. The number of nitrogens with one attached hydrogen (secondary N) is 3. The Bertz CT molecular complexity index is 2030. The number of hydrogen-bond acceptors (Lipinski definition) is 12. The average molecular weight is 943 g/mol. The molecule has 1 fully saturated rings. The van der Waals surface area contributed by atoms with E-state index in [1.165, 1.54) is 18.2 Å². The summed E-state index contributed by atoms with van der Waals surface area (Å²) >= 11 is 0. The van der Waals surface area contributed by atoms with Crippen LogP contribution >= 0.6 is 22.8 Å². The highest BCUT2D eigenvalue weighted by molar-refractivity contribution is 7.53. The van der Waals surface area contributed by atoms with Crippen molar-refractivity contribution in [2.45, 2.75) is 59.7 Å². The van der Waals surface area contributed by atoms with Crippen LogP contribution in [0, 0.1) is 20.8 Å². The van der Waals surface area contributed by atoms with Gasteiger partial charge in [0.2, 0.25) is 17.7 Å². The summed E-state index contributed by atoms with van der Waals surface area (Å²) in [5, 5.41) is 40.9. The standard InChI is InChI=1S/C39H57N6O15P3/c1-25-13-28(37(49)31(16-25)40-34(46)22-61(52,53)54)19-43-7-4-9-44(20-29-14-26(2)17-32(38(29)50)41-35(47)23-62(55,56)57)11-6-12-45(10-5-8-43)21-30-15-27(3)18-33(39(30)51)42-36(48)24-63(58,59)60/h13-18,49-51H,4-12,19-24H2,1-3H3,(H,40,46)(H,41,47)(H,42,48)(H2,52,53,54)(H2,55,56,57)(H2,58,59,60). The quantitative estimate of drug-likeness (QED) is 0.0769. The van der Waals surface area contributed by atoms with E-state index in [1.54, 1.807) is 39.0 Å². The predicted molar refractivity (Wildman–Crippen MR) is 235 cm³/mol. The van der Waals surface area contributed by atoms with Gasteiger partial charge in [0.15, 0.2) is 0 Å². The van der Waals surface area contributed by atoms with E-state index >= 15 is 0 Å². The van der Waals surface area contributed by atoms with Gasteiger partial charge in [-0.1, -0.05) is 18.2 Å². The number of phenolic OH excluding ortho intramolecular Hbond substituents is 3. The van der Waals surface area contributed by atoms with E-state index in [1.807, 2.05) is 0 Å². The van der Waals surface area contributed by atoms with Crippen molar-refractivity contribution in [3.05, 3.63) is 69.8 Å². The van der Waals surface area contributed by atoms with Crippen LogP contribution in [0.15, 0.2) is 36.4 Å². The number of benzene rings is 3. The van der Waals surface area contributed by atoms with Crippen LogP contribution < -0.4 is 16.0 Å². The van der Waals surface area contributed by atoms with Crippen LogP contribution in [0.5, 0.6) is 17.2 Å². The molecule has 0 aromatic heterocycles. The van der Waals surface area contributed by atoms with E-state index in [9.17, 15) is 72.8 Å². The minimum Gasteiger partial charge on any atom is -0.505 e. The first kappa shape index (κ1) is 51.4. The van der Waals surface area contributed by atoms with Crippen molar-refractivity contribution in [1.29, 1.82) is 0 Å². The van der Waals surface area contributed by atoms with Crippen LogP contribution in [0.1, 0.15) is 52.6 Å². The van der Waals surface area contributed by atoms with Gasteiger partial charge < -0.3 is 60.6 Å². The molecule has 0 unspecified atom stereocenters. The molecule has 63 heavy (non-hydrogen) atoms. The summed E-state index contributed by atoms with van der Waals surface area (Å²) in [6, 6.07) is 9.72. The van der Waals surface area contributed by atoms with Gasteiger partial charge in [0.1, 0.15) is 35.7 Å². The molecule has 3 aromatic rings. The zero-order valence-electron chi connectivity index (χ0n) is 35.2. The maximum atomic E-state index is 12.4. The van der Waals surface area contributed by atoms with Gasteiger partial charge in [-0.15, -0.1) is 0 Å². The summed E-state index contributed by atoms with van der Waals surface area (Å²) in [4.78, 5) is 99.1. The Hall–Kier alpha value is -4.20. The van der Waals surface area contributed by atoms with Crippen molar-refractivity contribution in [3.63, 3.8) is 0 Å². The monoisotopic (exact) mass is 942 g/mol. The Labute approximate surface area is 364 Å². The van der Waals surface area contributed by atoms with Crippen LogP contribution in [-0.4, -0.2) is 135 Å². The van der Waals surface area contributed by atoms with Gasteiger partial charge in [-0.3, -0.25) is 42.8 Å². The van der Waals surface area contributed by atoms with E-state index in [-0.39, 0.29) is 53.9 Å². The molecule has 1 saturated heterocycles. The molecule has 3 amide bonds. The summed E-state index contributed by atoms with van der Waals surface area (Å²) in [6.45, 7) is 9.02. The summed E-state index contributed by atoms with van der Waals surface area (Å²) in [5.41, 5.74) is 3.39. The fourth-order valence-corrected chi connectivity index (χ4v) is 8.79. The largest absolute Gasteiger partial charge is 0.505 e. The smallest absolute Gasteiger partial charge is 0.334 e. The minimum absolute atomic E-state index is 0.000615. The van der Waals surface area contributed by atoms with E-state index < -0.39 is 59.0 Å². The van der Waals surface area contributed by atoms with Crippen molar-refractivity contribution < 1.29 is 72.8 Å². The Balaban J connectivity index is 1.63. The molecule has 0 aliphatic carbocycles. The topological polar surface area (TPSA) is 330 Å². The van der Waals surface area contributed by atoms with Crippen LogP contribution in [0.4, 0.5) is 17.1 Å². The summed E-state index contributed by atoms with van der Waals surface area (Å²) in [6.07, 6.45) is -1.32. The Kier molecular flexibility index (Phi) is 18.1. The number of aryl methyl sites for hydroxylation is 3. The molecule has 0 radical (unpaired) electrons. The molecule has 4 rings (SSSR count). The summed E-state index contributed by atoms with van der Waals surface area (Å²) < 4.78 is 34.3. The molecule has 1 heterocycles. The molecular formula is C39H57N6O15P3. The van der Waals surface area contributed by atoms with Gasteiger partial charge in [-0.25, -0.2) is 0 Å². The zero-order valence-corrected chi connectivity index (χ0v) is 37.9. The second-order valence-corrected chi connectivity index (χ2v) is 20.9. The number of anilines is 3. The molecule has 24 heteroatoms. The van der Waals surface area contributed by atoms with E-state index in [0.717, 1.165) is 0 Å². The van der Waals surface area contributed by atoms with Gasteiger partial charge in [-0.05, 0) is 114 Å². The number of phenols is 3. The number of aromatic hydroxyl groups is 3. The average Bonchev–Trinajstić information content (AvgIpc) is 3.10. The highest BCUT2D eigenvalue weighted by Gasteiger charge is 2.25. The highest BCUT2D eigenvalue weighted by Crippen LogP contribution is 2.38. The fourth-order valence-electron chi connectivity index (χ4n) is 7.43. The second kappa shape index (κ2) is 22.1. The Morgan fingerprint density at radius 1 is 0.460 bits per heavy atom. The second-order valence-electron chi connectivity index (χ2n) is 16.0. The lowest BCUT2D eigenvalue weighted by molar-refractivity contribution is -0.115. The molecule has 348 valence electrons. The molecule has 1 aliphatic heterocycles. The number of rotatable bonds is 15. The van der Waals surface area contributed by atoms with Gasteiger partial charge in [-0.2, -0.15) is 0 Å².